The van der Waals surface area contributed by atoms with E-state index >= 15 is 0 Å². The Hall–Kier alpha value is -4.06. The van der Waals surface area contributed by atoms with Gasteiger partial charge in [-0.15, -0.1) is 0 Å². The first kappa shape index (κ1) is 26.2. The molecule has 3 aromatic rings. The summed E-state index contributed by atoms with van der Waals surface area (Å²) in [6.07, 6.45) is 6.04. The maximum atomic E-state index is 13.4. The van der Waals surface area contributed by atoms with Gasteiger partial charge in [0.1, 0.15) is 17.0 Å². The number of hydrogen-bond acceptors (Lipinski definition) is 5. The molecule has 6 heteroatoms. The molecule has 2 heterocycles. The van der Waals surface area contributed by atoms with E-state index in [0.717, 1.165) is 51.8 Å². The van der Waals surface area contributed by atoms with Crippen LogP contribution in [0.15, 0.2) is 101 Å². The molecule has 6 bridgehead atoms. The van der Waals surface area contributed by atoms with E-state index in [1.807, 2.05) is 43.3 Å². The number of carbonyl (C=O) groups is 1. The van der Waals surface area contributed by atoms with Crippen LogP contribution in [0.1, 0.15) is 46.2 Å². The molecule has 0 unspecified atom stereocenters. The first-order chi connectivity index (χ1) is 19.3. The van der Waals surface area contributed by atoms with Gasteiger partial charge < -0.3 is 10.5 Å². The number of ether oxygens (including phenoxy) is 1. The first-order valence-electron chi connectivity index (χ1n) is 13.4. The van der Waals surface area contributed by atoms with Gasteiger partial charge in [-0.1, -0.05) is 67.2 Å². The molecule has 0 saturated heterocycles. The lowest BCUT2D eigenvalue weighted by Crippen LogP contribution is -2.46. The molecular formula is C34H30ClN3O2. The summed E-state index contributed by atoms with van der Waals surface area (Å²) in [6.45, 7) is 10.7. The second-order valence-corrected chi connectivity index (χ2v) is 11.1. The van der Waals surface area contributed by atoms with Crippen molar-refractivity contribution in [2.24, 2.45) is 21.9 Å². The van der Waals surface area contributed by atoms with Crippen molar-refractivity contribution in [3.8, 4) is 5.75 Å². The minimum absolute atomic E-state index is 0.0412. The fourth-order valence-electron chi connectivity index (χ4n) is 5.42. The van der Waals surface area contributed by atoms with E-state index in [0.29, 0.717) is 40.7 Å². The molecule has 0 radical (unpaired) electrons. The third kappa shape index (κ3) is 4.66. The fraction of sp³-hybridized carbons (Fsp3) is 0.206. The molecule has 40 heavy (non-hydrogen) atoms. The molecule has 1 atom stereocenters. The maximum absolute atomic E-state index is 13.4. The molecule has 0 spiro atoms. The van der Waals surface area contributed by atoms with Crippen molar-refractivity contribution in [2.45, 2.75) is 31.7 Å². The van der Waals surface area contributed by atoms with Crippen LogP contribution >= 0.6 is 11.6 Å². The minimum Gasteiger partial charge on any atom is -0.492 e. The van der Waals surface area contributed by atoms with Gasteiger partial charge in [-0.3, -0.25) is 4.79 Å². The Morgan fingerprint density at radius 2 is 1.90 bits per heavy atom. The van der Waals surface area contributed by atoms with E-state index in [1.165, 1.54) is 0 Å². The summed E-state index contributed by atoms with van der Waals surface area (Å²) in [5.74, 6) is 0.783. The van der Waals surface area contributed by atoms with E-state index in [9.17, 15) is 4.79 Å². The van der Waals surface area contributed by atoms with Crippen molar-refractivity contribution in [3.63, 3.8) is 0 Å². The van der Waals surface area contributed by atoms with Gasteiger partial charge in [0.2, 0.25) is 0 Å². The molecule has 6 rings (SSSR count). The van der Waals surface area contributed by atoms with Crippen LogP contribution < -0.4 is 10.5 Å². The summed E-state index contributed by atoms with van der Waals surface area (Å²) in [6, 6.07) is 19.9. The van der Waals surface area contributed by atoms with E-state index in [2.05, 4.69) is 41.6 Å². The molecule has 3 aliphatic rings. The van der Waals surface area contributed by atoms with Crippen molar-refractivity contribution in [1.29, 1.82) is 0 Å². The van der Waals surface area contributed by atoms with Gasteiger partial charge in [0.05, 0.1) is 17.8 Å². The Morgan fingerprint density at radius 1 is 1.12 bits per heavy atom. The Labute approximate surface area is 239 Å². The third-order valence-electron chi connectivity index (χ3n) is 7.97. The minimum atomic E-state index is -1.21. The number of aryl methyl sites for hydroxylation is 1. The topological polar surface area (TPSA) is 77.0 Å². The zero-order valence-corrected chi connectivity index (χ0v) is 23.2. The highest BCUT2D eigenvalue weighted by atomic mass is 35.5. The molecule has 2 aliphatic heterocycles. The molecule has 3 aromatic carbocycles. The van der Waals surface area contributed by atoms with Gasteiger partial charge in [-0.25, -0.2) is 0 Å². The van der Waals surface area contributed by atoms with Crippen LogP contribution in [0.5, 0.6) is 5.75 Å². The van der Waals surface area contributed by atoms with Gasteiger partial charge in [-0.2, -0.15) is 10.2 Å². The van der Waals surface area contributed by atoms with Crippen molar-refractivity contribution in [3.05, 3.63) is 129 Å². The summed E-state index contributed by atoms with van der Waals surface area (Å²) >= 11 is 6.55. The predicted molar refractivity (Wildman–Crippen MR) is 162 cm³/mol. The lowest BCUT2D eigenvalue weighted by molar-refractivity contribution is -0.111. The SMILES string of the molecule is C=C1C=NN=C1[C@@]1(N)c2ccc(Cl)c(c2)OCCc2cccc(c2)/C(=C/C(=O)C(=C)C2CC2)c2cc1ccc2C. The van der Waals surface area contributed by atoms with Crippen LogP contribution in [-0.4, -0.2) is 24.3 Å². The summed E-state index contributed by atoms with van der Waals surface area (Å²) in [5, 5.41) is 9.02. The van der Waals surface area contributed by atoms with E-state index in [4.69, 9.17) is 22.1 Å². The van der Waals surface area contributed by atoms with Gasteiger partial charge in [0, 0.05) is 12.0 Å². The number of nitrogens with zero attached hydrogens (tertiary/aromatic N) is 2. The summed E-state index contributed by atoms with van der Waals surface area (Å²) in [7, 11) is 0. The summed E-state index contributed by atoms with van der Waals surface area (Å²) < 4.78 is 6.17. The number of nitrogens with two attached hydrogens (primary N) is 1. The zero-order valence-electron chi connectivity index (χ0n) is 22.4. The molecule has 2 N–H and O–H groups in total. The van der Waals surface area contributed by atoms with Gasteiger partial charge >= 0.3 is 0 Å². The molecule has 1 saturated carbocycles. The lowest BCUT2D eigenvalue weighted by Gasteiger charge is -2.32. The van der Waals surface area contributed by atoms with E-state index in [1.54, 1.807) is 18.4 Å². The number of fused-ring (bicyclic) bond motifs is 6. The highest BCUT2D eigenvalue weighted by molar-refractivity contribution is 6.32. The second-order valence-electron chi connectivity index (χ2n) is 10.7. The maximum Gasteiger partial charge on any atom is 0.182 e. The smallest absolute Gasteiger partial charge is 0.182 e. The third-order valence-corrected chi connectivity index (χ3v) is 8.28. The normalized spacial score (nSPS) is 21.0. The highest BCUT2D eigenvalue weighted by Crippen LogP contribution is 2.40. The second kappa shape index (κ2) is 10.2. The Balaban J connectivity index is 1.62. The molecular weight excluding hydrogens is 518 g/mol. The summed E-state index contributed by atoms with van der Waals surface area (Å²) in [5.41, 5.74) is 14.3. The van der Waals surface area contributed by atoms with Crippen molar-refractivity contribution in [1.82, 2.24) is 0 Å². The number of rotatable bonds is 4. The number of hydrogen-bond donors (Lipinski definition) is 1. The van der Waals surface area contributed by atoms with Crippen LogP contribution in [0, 0.1) is 12.8 Å². The Kier molecular flexibility index (Phi) is 6.65. The van der Waals surface area contributed by atoms with Crippen LogP contribution in [-0.2, 0) is 16.8 Å². The number of ketones is 1. The number of halogens is 1. The van der Waals surface area contributed by atoms with Gasteiger partial charge in [0.15, 0.2) is 5.78 Å². The van der Waals surface area contributed by atoms with Gasteiger partial charge in [-0.05, 0) is 94.5 Å². The predicted octanol–water partition coefficient (Wildman–Crippen LogP) is 6.75. The Morgan fingerprint density at radius 3 is 2.65 bits per heavy atom. The van der Waals surface area contributed by atoms with Crippen molar-refractivity contribution in [2.75, 3.05) is 6.61 Å². The number of allylic oxidation sites excluding steroid dienone is 2. The largest absolute Gasteiger partial charge is 0.492 e. The molecule has 5 nitrogen and oxygen atoms in total. The van der Waals surface area contributed by atoms with Gasteiger partial charge in [0.25, 0.3) is 0 Å². The molecule has 1 fully saturated rings. The molecule has 1 aliphatic carbocycles. The highest BCUT2D eigenvalue weighted by Gasteiger charge is 2.39. The van der Waals surface area contributed by atoms with Crippen LogP contribution in [0.2, 0.25) is 5.02 Å². The van der Waals surface area contributed by atoms with E-state index in [-0.39, 0.29) is 11.7 Å². The molecule has 0 amide bonds. The van der Waals surface area contributed by atoms with Crippen LogP contribution in [0.4, 0.5) is 0 Å². The van der Waals surface area contributed by atoms with Crippen molar-refractivity contribution >= 4 is 34.9 Å². The quantitative estimate of drug-likeness (QED) is 0.367. The van der Waals surface area contributed by atoms with Crippen molar-refractivity contribution < 1.29 is 9.53 Å². The monoisotopic (exact) mass is 547 g/mol. The average Bonchev–Trinajstić information content (AvgIpc) is 3.71. The molecule has 200 valence electrons. The fourth-order valence-corrected chi connectivity index (χ4v) is 5.59. The van der Waals surface area contributed by atoms with E-state index < -0.39 is 5.54 Å². The average molecular weight is 548 g/mol. The molecule has 0 aromatic heterocycles. The first-order valence-corrected chi connectivity index (χ1v) is 13.8. The standard InChI is InChI=1S/C34H30ClN3O2/c1-20-7-10-26-16-28(20)29(18-31(39)22(3)24-8-9-24)25-6-4-5-23(15-25)13-14-40-32-17-27(11-12-30(32)35)34(26,36)33-21(2)19-37-38-33/h4-7,10-12,15-19,24H,2-3,8-9,13-14,36H2,1H3/b29-18-/t34-/m0/s1. The number of carbonyl (C=O) groups excluding carboxylic acids is 1. The number of benzene rings is 3. The summed E-state index contributed by atoms with van der Waals surface area (Å²) in [4.78, 5) is 13.4. The Bertz CT molecular complexity index is 1680. The van der Waals surface area contributed by atoms with Crippen LogP contribution in [0.25, 0.3) is 5.57 Å². The zero-order chi connectivity index (χ0) is 28.0. The lowest BCUT2D eigenvalue weighted by atomic mass is 9.76. The van der Waals surface area contributed by atoms with Crippen LogP contribution in [0.3, 0.4) is 0 Å².